The van der Waals surface area contributed by atoms with Crippen molar-refractivity contribution in [1.29, 1.82) is 5.26 Å². The molecule has 0 saturated carbocycles. The van der Waals surface area contributed by atoms with Crippen LogP contribution < -0.4 is 16.0 Å². The van der Waals surface area contributed by atoms with Crippen LogP contribution in [0.1, 0.15) is 59.6 Å². The molecule has 14 heteroatoms. The van der Waals surface area contributed by atoms with Gasteiger partial charge in [0.25, 0.3) is 11.8 Å². The van der Waals surface area contributed by atoms with Crippen LogP contribution in [0.2, 0.25) is 5.02 Å². The number of halogens is 2. The maximum atomic E-state index is 14.7. The summed E-state index contributed by atoms with van der Waals surface area (Å²) >= 11 is 8.72. The van der Waals surface area contributed by atoms with Crippen LogP contribution in [-0.2, 0) is 27.3 Å². The lowest BCUT2D eigenvalue weighted by molar-refractivity contribution is -0.115. The summed E-state index contributed by atoms with van der Waals surface area (Å²) in [5.74, 6) is -2.32. The molecule has 1 aliphatic heterocycles. The lowest BCUT2D eigenvalue weighted by Crippen LogP contribution is -2.39. The van der Waals surface area contributed by atoms with Crippen LogP contribution in [0.4, 0.5) is 19.9 Å². The van der Waals surface area contributed by atoms with Crippen molar-refractivity contribution in [2.45, 2.75) is 56.4 Å². The quantitative estimate of drug-likeness (QED) is 0.115. The zero-order valence-electron chi connectivity index (χ0n) is 28.7. The van der Waals surface area contributed by atoms with Crippen LogP contribution in [0.5, 0.6) is 0 Å². The van der Waals surface area contributed by atoms with Crippen LogP contribution in [0, 0.1) is 17.1 Å². The third-order valence-electron chi connectivity index (χ3n) is 7.65. The van der Waals surface area contributed by atoms with Crippen molar-refractivity contribution in [3.63, 3.8) is 0 Å². The number of amides is 4. The van der Waals surface area contributed by atoms with Gasteiger partial charge in [-0.25, -0.2) is 9.18 Å². The number of carbonyl (C=O) groups is 4. The standard InChI is InChI=1S/C38H35ClFN5O5S2/c1-22(33(46)44-36-28(20-41)26-16-17-45(21-32(26)52-36)37(49)50-38(2,3)4)51-25-13-8-12-24(18-25)42-35(48)31(19-27-29(39)14-9-15-30(27)40)43-34(47)23-10-6-5-7-11-23/h5-15,18-19,22H,16-17,21H2,1-4H3,(H,42,48)(H,43,47)(H,44,46)/b31-19+. The van der Waals surface area contributed by atoms with Crippen molar-refractivity contribution in [2.75, 3.05) is 17.2 Å². The fraction of sp³-hybridized carbons (Fsp3) is 0.237. The van der Waals surface area contributed by atoms with Crippen LogP contribution in [0.3, 0.4) is 0 Å². The summed E-state index contributed by atoms with van der Waals surface area (Å²) in [5.41, 5.74) is 0.899. The maximum absolute atomic E-state index is 14.7. The van der Waals surface area contributed by atoms with Crippen LogP contribution in [-0.4, -0.2) is 46.1 Å². The fourth-order valence-electron chi connectivity index (χ4n) is 5.14. The number of thioether (sulfide) groups is 1. The highest BCUT2D eigenvalue weighted by Gasteiger charge is 2.30. The van der Waals surface area contributed by atoms with Gasteiger partial charge in [-0.3, -0.25) is 14.4 Å². The molecule has 1 unspecified atom stereocenters. The predicted octanol–water partition coefficient (Wildman–Crippen LogP) is 8.23. The second kappa shape index (κ2) is 16.5. The Bertz CT molecular complexity index is 2070. The first-order valence-electron chi connectivity index (χ1n) is 16.2. The van der Waals surface area contributed by atoms with E-state index < -0.39 is 34.6 Å². The summed E-state index contributed by atoms with van der Waals surface area (Å²) < 4.78 is 20.2. The summed E-state index contributed by atoms with van der Waals surface area (Å²) in [6.07, 6.45) is 1.20. The summed E-state index contributed by atoms with van der Waals surface area (Å²) in [6.45, 7) is 7.79. The van der Waals surface area contributed by atoms with E-state index in [2.05, 4.69) is 22.0 Å². The third kappa shape index (κ3) is 9.58. The van der Waals surface area contributed by atoms with Crippen LogP contribution >= 0.6 is 34.7 Å². The van der Waals surface area contributed by atoms with E-state index in [-0.39, 0.29) is 28.7 Å². The minimum absolute atomic E-state index is 0.0531. The van der Waals surface area contributed by atoms with E-state index in [4.69, 9.17) is 16.3 Å². The minimum Gasteiger partial charge on any atom is -0.444 e. The minimum atomic E-state index is -0.729. The summed E-state index contributed by atoms with van der Waals surface area (Å²) in [4.78, 5) is 55.6. The molecule has 268 valence electrons. The molecular formula is C38H35ClFN5O5S2. The largest absolute Gasteiger partial charge is 0.444 e. The maximum Gasteiger partial charge on any atom is 0.410 e. The molecule has 2 heterocycles. The Morgan fingerprint density at radius 3 is 2.48 bits per heavy atom. The molecule has 10 nitrogen and oxygen atoms in total. The number of hydrogen-bond donors (Lipinski definition) is 3. The Kier molecular flexibility index (Phi) is 12.1. The number of nitrogens with one attached hydrogen (secondary N) is 3. The number of ether oxygens (including phenoxy) is 1. The first-order chi connectivity index (χ1) is 24.7. The molecule has 0 spiro atoms. The summed E-state index contributed by atoms with van der Waals surface area (Å²) in [5, 5.41) is 18.0. The van der Waals surface area contributed by atoms with Gasteiger partial charge in [0, 0.05) is 33.1 Å². The molecular weight excluding hydrogens is 725 g/mol. The number of fused-ring (bicyclic) bond motifs is 1. The van der Waals surface area contributed by atoms with Gasteiger partial charge in [0.2, 0.25) is 5.91 Å². The van der Waals surface area contributed by atoms with E-state index >= 15 is 0 Å². The number of nitrogens with zero attached hydrogens (tertiary/aromatic N) is 2. The Hall–Kier alpha value is -5.16. The Balaban J connectivity index is 1.27. The van der Waals surface area contributed by atoms with Crippen LogP contribution in [0.15, 0.2) is 83.4 Å². The molecule has 0 radical (unpaired) electrons. The summed E-state index contributed by atoms with van der Waals surface area (Å²) in [6, 6.07) is 21.3. The number of rotatable bonds is 9. The third-order valence-corrected chi connectivity index (χ3v) is 10.2. The molecule has 1 atom stereocenters. The number of nitriles is 1. The number of thiophene rings is 1. The number of carbonyl (C=O) groups excluding carboxylic acids is 4. The topological polar surface area (TPSA) is 141 Å². The highest BCUT2D eigenvalue weighted by molar-refractivity contribution is 8.00. The van der Waals surface area contributed by atoms with E-state index in [1.807, 2.05) is 0 Å². The first kappa shape index (κ1) is 38.1. The fourth-order valence-corrected chi connectivity index (χ4v) is 7.50. The Morgan fingerprint density at radius 1 is 1.06 bits per heavy atom. The molecule has 4 aromatic rings. The molecule has 3 N–H and O–H groups in total. The van der Waals surface area contributed by atoms with Gasteiger partial charge < -0.3 is 25.6 Å². The van der Waals surface area contributed by atoms with Crippen molar-refractivity contribution in [3.05, 3.63) is 116 Å². The molecule has 0 aliphatic carbocycles. The molecule has 1 aliphatic rings. The lowest BCUT2D eigenvalue weighted by Gasteiger charge is -2.29. The predicted molar refractivity (Wildman–Crippen MR) is 202 cm³/mol. The van der Waals surface area contributed by atoms with E-state index in [1.54, 1.807) is 87.2 Å². The first-order valence-corrected chi connectivity index (χ1v) is 18.2. The zero-order valence-corrected chi connectivity index (χ0v) is 31.1. The molecule has 5 rings (SSSR count). The SMILES string of the molecule is CC(Sc1cccc(NC(=O)/C(=C\c2c(F)cccc2Cl)NC(=O)c2ccccc2)c1)C(=O)Nc1sc2c(c1C#N)CCN(C(=O)OC(C)(C)C)C2. The second-order valence-corrected chi connectivity index (χ2v) is 15.6. The molecule has 4 amide bonds. The zero-order chi connectivity index (χ0) is 37.6. The monoisotopic (exact) mass is 759 g/mol. The van der Waals surface area contributed by atoms with Crippen LogP contribution in [0.25, 0.3) is 6.08 Å². The van der Waals surface area contributed by atoms with E-state index in [9.17, 15) is 28.8 Å². The van der Waals surface area contributed by atoms with Crippen molar-refractivity contribution < 1.29 is 28.3 Å². The van der Waals surface area contributed by atoms with Gasteiger partial charge in [-0.15, -0.1) is 23.1 Å². The molecule has 3 aromatic carbocycles. The van der Waals surface area contributed by atoms with Crippen molar-refractivity contribution >= 4 is 75.3 Å². The van der Waals surface area contributed by atoms with Gasteiger partial charge in [-0.1, -0.05) is 41.9 Å². The average Bonchev–Trinajstić information content (AvgIpc) is 3.45. The smallest absolute Gasteiger partial charge is 0.410 e. The molecule has 0 saturated heterocycles. The van der Waals surface area contributed by atoms with E-state index in [1.165, 1.54) is 47.4 Å². The highest BCUT2D eigenvalue weighted by atomic mass is 35.5. The lowest BCUT2D eigenvalue weighted by atomic mass is 10.0. The van der Waals surface area contributed by atoms with E-state index in [0.29, 0.717) is 39.7 Å². The normalized spacial score (nSPS) is 13.3. The number of benzene rings is 3. The van der Waals surface area contributed by atoms with Crippen molar-refractivity contribution in [2.24, 2.45) is 0 Å². The Morgan fingerprint density at radius 2 is 1.79 bits per heavy atom. The Labute approximate surface area is 314 Å². The number of anilines is 2. The summed E-state index contributed by atoms with van der Waals surface area (Å²) in [7, 11) is 0. The van der Waals surface area contributed by atoms with Gasteiger partial charge >= 0.3 is 6.09 Å². The molecule has 52 heavy (non-hydrogen) atoms. The van der Waals surface area contributed by atoms with Gasteiger partial charge in [0.05, 0.1) is 22.4 Å². The van der Waals surface area contributed by atoms with Gasteiger partial charge in [0.15, 0.2) is 0 Å². The van der Waals surface area contributed by atoms with Gasteiger partial charge in [-0.2, -0.15) is 5.26 Å². The average molecular weight is 760 g/mol. The number of hydrogen-bond acceptors (Lipinski definition) is 8. The highest BCUT2D eigenvalue weighted by Crippen LogP contribution is 2.38. The molecule has 0 bridgehead atoms. The van der Waals surface area contributed by atoms with Crippen molar-refractivity contribution in [3.8, 4) is 6.07 Å². The van der Waals surface area contributed by atoms with Gasteiger partial charge in [-0.05, 0) is 88.2 Å². The molecule has 1 aromatic heterocycles. The molecule has 0 fully saturated rings. The van der Waals surface area contributed by atoms with Crippen molar-refractivity contribution in [1.82, 2.24) is 10.2 Å². The van der Waals surface area contributed by atoms with E-state index in [0.717, 1.165) is 10.4 Å². The van der Waals surface area contributed by atoms with Gasteiger partial charge in [0.1, 0.15) is 28.2 Å². The second-order valence-electron chi connectivity index (χ2n) is 12.7.